The number of para-hydroxylation sites is 2. The van der Waals surface area contributed by atoms with Crippen molar-refractivity contribution in [3.05, 3.63) is 144 Å². The van der Waals surface area contributed by atoms with Gasteiger partial charge in [-0.3, -0.25) is 0 Å². The van der Waals surface area contributed by atoms with E-state index in [4.69, 9.17) is 9.47 Å². The second kappa shape index (κ2) is 22.5. The fourth-order valence-electron chi connectivity index (χ4n) is 8.19. The molecule has 58 heavy (non-hydrogen) atoms. The molecule has 2 saturated heterocycles. The first-order valence-electron chi connectivity index (χ1n) is 20.8. The number of halogens is 2. The summed E-state index contributed by atoms with van der Waals surface area (Å²) in [6.45, 7) is 9.11. The lowest BCUT2D eigenvalue weighted by Gasteiger charge is -2.28. The van der Waals surface area contributed by atoms with Crippen molar-refractivity contribution in [1.82, 2.24) is 0 Å². The topological polar surface area (TPSA) is 32.7 Å². The molecule has 2 aliphatic rings. The fraction of sp³-hybridized carbons (Fsp3) is 0.320. The van der Waals surface area contributed by atoms with Crippen LogP contribution in [0, 0.1) is 0 Å². The maximum atomic E-state index is 5.53. The molecule has 2 fully saturated rings. The molecule has 0 bridgehead atoms. The number of benzene rings is 4. The van der Waals surface area contributed by atoms with Crippen LogP contribution in [0.25, 0.3) is 46.1 Å². The zero-order chi connectivity index (χ0) is 37.8. The molecule has 0 aliphatic carbocycles. The van der Waals surface area contributed by atoms with Crippen LogP contribution in [0.4, 0.5) is 11.4 Å². The molecule has 8 rings (SSSR count). The summed E-state index contributed by atoms with van der Waals surface area (Å²) in [4.78, 5) is 4.81. The largest absolute Gasteiger partial charge is 1.00 e. The van der Waals surface area contributed by atoms with Gasteiger partial charge in [0.15, 0.2) is 0 Å². The van der Waals surface area contributed by atoms with E-state index in [2.05, 4.69) is 165 Å². The molecule has 0 N–H and O–H groups in total. The van der Waals surface area contributed by atoms with Crippen molar-refractivity contribution < 1.29 is 66.6 Å². The van der Waals surface area contributed by atoms with Crippen molar-refractivity contribution in [3.63, 3.8) is 0 Å². The lowest BCUT2D eigenvalue weighted by atomic mass is 10.1. The highest BCUT2D eigenvalue weighted by Gasteiger charge is 2.16. The zero-order valence-electron chi connectivity index (χ0n) is 33.5. The average molecular weight is 999 g/mol. The van der Waals surface area contributed by atoms with Gasteiger partial charge in [-0.1, -0.05) is 61.4 Å². The SMILES string of the molecule is C(=C\c1ccc2ccccc2[n+]1CCCCCCCC[n+]1c(/C=C/c2ccc(N3CCOCC3)cc2)ccc2ccccc21)/c1ccc(N2CCOCC2)cc1.[I-].[I-]. The minimum atomic E-state index is 0. The molecule has 2 aromatic heterocycles. The van der Waals surface area contributed by atoms with Crippen molar-refractivity contribution in [2.45, 2.75) is 51.6 Å². The van der Waals surface area contributed by atoms with Crippen LogP contribution in [-0.4, -0.2) is 52.6 Å². The average Bonchev–Trinajstić information content (AvgIpc) is 3.27. The summed E-state index contributed by atoms with van der Waals surface area (Å²) in [5, 5.41) is 2.59. The Morgan fingerprint density at radius 1 is 0.414 bits per heavy atom. The monoisotopic (exact) mass is 998 g/mol. The molecule has 2 aliphatic heterocycles. The first-order valence-corrected chi connectivity index (χ1v) is 20.8. The number of aryl methyl sites for hydroxylation is 2. The number of ether oxygens (including phenoxy) is 2. The third-order valence-electron chi connectivity index (χ3n) is 11.4. The molecule has 0 amide bonds. The Hall–Kier alpha value is -3.84. The molecule has 8 heteroatoms. The third kappa shape index (κ3) is 11.5. The summed E-state index contributed by atoms with van der Waals surface area (Å²) in [6.07, 6.45) is 16.4. The molecule has 0 spiro atoms. The van der Waals surface area contributed by atoms with Crippen LogP contribution >= 0.6 is 0 Å². The second-order valence-electron chi connectivity index (χ2n) is 15.1. The quantitative estimate of drug-likeness (QED) is 0.0896. The molecule has 302 valence electrons. The lowest BCUT2D eigenvalue weighted by Crippen LogP contribution is -3.00. The summed E-state index contributed by atoms with van der Waals surface area (Å²) in [5.41, 5.74) is 10.1. The van der Waals surface area contributed by atoms with E-state index in [1.807, 2.05) is 0 Å². The van der Waals surface area contributed by atoms with Crippen molar-refractivity contribution in [1.29, 1.82) is 0 Å². The van der Waals surface area contributed by atoms with Gasteiger partial charge in [0, 0.05) is 97.6 Å². The van der Waals surface area contributed by atoms with E-state index in [1.165, 1.54) is 94.2 Å². The fourth-order valence-corrected chi connectivity index (χ4v) is 8.19. The zero-order valence-corrected chi connectivity index (χ0v) is 37.8. The Bertz CT molecular complexity index is 2090. The maximum absolute atomic E-state index is 5.53. The predicted molar refractivity (Wildman–Crippen MR) is 233 cm³/mol. The van der Waals surface area contributed by atoms with Gasteiger partial charge < -0.3 is 67.2 Å². The van der Waals surface area contributed by atoms with Gasteiger partial charge in [-0.2, -0.15) is 9.13 Å². The van der Waals surface area contributed by atoms with Crippen molar-refractivity contribution in [2.75, 3.05) is 62.4 Å². The molecule has 0 radical (unpaired) electrons. The van der Waals surface area contributed by atoms with Crippen molar-refractivity contribution in [2.24, 2.45) is 0 Å². The van der Waals surface area contributed by atoms with Gasteiger partial charge in [0.1, 0.15) is 13.1 Å². The number of hydrogen-bond donors (Lipinski definition) is 0. The van der Waals surface area contributed by atoms with Gasteiger partial charge in [-0.15, -0.1) is 0 Å². The van der Waals surface area contributed by atoms with Gasteiger partial charge in [0.05, 0.1) is 26.4 Å². The number of anilines is 2. The van der Waals surface area contributed by atoms with Crippen LogP contribution in [0.3, 0.4) is 0 Å². The summed E-state index contributed by atoms with van der Waals surface area (Å²) >= 11 is 0. The molecule has 0 atom stereocenters. The van der Waals surface area contributed by atoms with Crippen molar-refractivity contribution >= 4 is 57.5 Å². The number of pyridine rings is 2. The summed E-state index contributed by atoms with van der Waals surface area (Å²) in [5.74, 6) is 0. The van der Waals surface area contributed by atoms with Gasteiger partial charge in [0.2, 0.25) is 22.4 Å². The molecule has 0 unspecified atom stereocenters. The maximum Gasteiger partial charge on any atom is 0.212 e. The smallest absolute Gasteiger partial charge is 0.212 e. The molecular weight excluding hydrogens is 942 g/mol. The van der Waals surface area contributed by atoms with E-state index in [9.17, 15) is 0 Å². The minimum absolute atomic E-state index is 0. The van der Waals surface area contributed by atoms with Crippen LogP contribution in [-0.2, 0) is 22.6 Å². The Labute approximate surface area is 379 Å². The summed E-state index contributed by atoms with van der Waals surface area (Å²) < 4.78 is 16.1. The van der Waals surface area contributed by atoms with Crippen LogP contribution in [0.2, 0.25) is 0 Å². The first-order chi connectivity index (χ1) is 27.8. The highest BCUT2D eigenvalue weighted by atomic mass is 127. The van der Waals surface area contributed by atoms with Crippen LogP contribution in [0.5, 0.6) is 0 Å². The molecular formula is C50H56I2N4O2. The first kappa shape index (κ1) is 43.7. The van der Waals surface area contributed by atoms with Crippen LogP contribution in [0.15, 0.2) is 121 Å². The number of rotatable bonds is 15. The number of fused-ring (bicyclic) bond motifs is 2. The van der Waals surface area contributed by atoms with E-state index >= 15 is 0 Å². The van der Waals surface area contributed by atoms with Crippen LogP contribution in [0.1, 0.15) is 61.0 Å². The normalized spacial score (nSPS) is 14.6. The Kier molecular flexibility index (Phi) is 17.0. The van der Waals surface area contributed by atoms with E-state index in [0.717, 1.165) is 65.7 Å². The Morgan fingerprint density at radius 3 is 1.21 bits per heavy atom. The van der Waals surface area contributed by atoms with Gasteiger partial charge in [-0.25, -0.2) is 0 Å². The summed E-state index contributed by atoms with van der Waals surface area (Å²) in [6, 6.07) is 44.5. The third-order valence-corrected chi connectivity index (χ3v) is 11.4. The number of nitrogens with zero attached hydrogens (tertiary/aromatic N) is 4. The van der Waals surface area contributed by atoms with E-state index in [-0.39, 0.29) is 48.0 Å². The van der Waals surface area contributed by atoms with E-state index < -0.39 is 0 Å². The predicted octanol–water partition coefficient (Wildman–Crippen LogP) is 3.63. The van der Waals surface area contributed by atoms with E-state index in [0.29, 0.717) is 0 Å². The highest BCUT2D eigenvalue weighted by molar-refractivity contribution is 5.78. The van der Waals surface area contributed by atoms with Crippen molar-refractivity contribution in [3.8, 4) is 0 Å². The van der Waals surface area contributed by atoms with E-state index in [1.54, 1.807) is 0 Å². The molecule has 4 heterocycles. The van der Waals surface area contributed by atoms with Crippen LogP contribution < -0.4 is 66.9 Å². The number of aromatic nitrogens is 2. The van der Waals surface area contributed by atoms with Gasteiger partial charge >= 0.3 is 0 Å². The second-order valence-corrected chi connectivity index (χ2v) is 15.1. The molecule has 0 saturated carbocycles. The number of hydrogen-bond acceptors (Lipinski definition) is 4. The molecule has 6 nitrogen and oxygen atoms in total. The van der Waals surface area contributed by atoms with Gasteiger partial charge in [-0.05, 0) is 84.7 Å². The molecule has 6 aromatic rings. The van der Waals surface area contributed by atoms with Gasteiger partial charge in [0.25, 0.3) is 0 Å². The standard InChI is InChI=1S/C50H56N4O2.2HI/c1(3-9-31-53-47(29-21-43-11-5-7-13-49(43)53)27-19-41-15-23-45(24-16-41)51-33-37-55-38-34-51)2-4-10-32-54-48(30-22-44-12-6-8-14-50(44)54)28-20-42-17-25-46(26-18-42)52-35-39-56-40-36-52;;/h5-8,11-30H,1-4,9-10,31-40H2;2*1H/q+2;;/p-2. The Morgan fingerprint density at radius 2 is 0.793 bits per heavy atom. The Balaban J connectivity index is 0.00000283. The highest BCUT2D eigenvalue weighted by Crippen LogP contribution is 2.21. The molecule has 4 aromatic carbocycles. The lowest BCUT2D eigenvalue weighted by molar-refractivity contribution is -0.673. The number of morpholine rings is 2. The minimum Gasteiger partial charge on any atom is -1.00 e. The number of unbranched alkanes of at least 4 members (excludes halogenated alkanes) is 5. The summed E-state index contributed by atoms with van der Waals surface area (Å²) in [7, 11) is 0.